The van der Waals surface area contributed by atoms with Crippen LogP contribution in [0.2, 0.25) is 0 Å². The Labute approximate surface area is 195 Å². The third-order valence-electron chi connectivity index (χ3n) is 7.28. The summed E-state index contributed by atoms with van der Waals surface area (Å²) >= 11 is 0. The van der Waals surface area contributed by atoms with E-state index in [0.717, 1.165) is 43.3 Å². The molecule has 5 rings (SSSR count). The molecule has 1 spiro atoms. The van der Waals surface area contributed by atoms with Crippen LogP contribution in [0.3, 0.4) is 0 Å². The zero-order valence-corrected chi connectivity index (χ0v) is 19.3. The van der Waals surface area contributed by atoms with E-state index >= 15 is 0 Å². The molecule has 1 aliphatic carbocycles. The number of aromatic nitrogens is 2. The molecule has 2 atom stereocenters. The summed E-state index contributed by atoms with van der Waals surface area (Å²) in [6.07, 6.45) is 5.63. The van der Waals surface area contributed by atoms with Crippen LogP contribution < -0.4 is 0 Å². The van der Waals surface area contributed by atoms with Crippen molar-refractivity contribution in [1.29, 1.82) is 0 Å². The van der Waals surface area contributed by atoms with E-state index in [-0.39, 0.29) is 11.5 Å². The van der Waals surface area contributed by atoms with Gasteiger partial charge in [0.15, 0.2) is 5.69 Å². The molecule has 2 aromatic carbocycles. The Kier molecular flexibility index (Phi) is 5.36. The van der Waals surface area contributed by atoms with E-state index in [1.807, 2.05) is 47.6 Å². The minimum Gasteiger partial charge on any atom is -0.441 e. The Morgan fingerprint density at radius 1 is 1.24 bits per heavy atom. The fourth-order valence-electron chi connectivity index (χ4n) is 5.65. The van der Waals surface area contributed by atoms with Gasteiger partial charge in [-0.15, -0.1) is 0 Å². The van der Waals surface area contributed by atoms with Gasteiger partial charge in [-0.1, -0.05) is 50.2 Å². The van der Waals surface area contributed by atoms with E-state index in [4.69, 9.17) is 11.3 Å². The summed E-state index contributed by atoms with van der Waals surface area (Å²) in [5.41, 5.74) is 3.23. The monoisotopic (exact) mass is 442 g/mol. The normalized spacial score (nSPS) is 23.1. The molecule has 0 unspecified atom stereocenters. The minimum absolute atomic E-state index is 0.143. The van der Waals surface area contributed by atoms with Crippen molar-refractivity contribution in [2.75, 3.05) is 13.1 Å². The summed E-state index contributed by atoms with van der Waals surface area (Å²) in [4.78, 5) is 22.9. The Hall–Kier alpha value is -3.33. The average Bonchev–Trinajstić information content (AvgIpc) is 3.33. The lowest BCUT2D eigenvalue weighted by atomic mass is 9.77. The predicted octanol–water partition coefficient (Wildman–Crippen LogP) is 5.95. The number of hydrogen-bond acceptors (Lipinski definition) is 3. The van der Waals surface area contributed by atoms with E-state index in [1.165, 1.54) is 5.56 Å². The smallest absolute Gasteiger partial charge is 0.410 e. The molecule has 0 N–H and O–H groups in total. The van der Waals surface area contributed by atoms with Crippen molar-refractivity contribution in [1.82, 2.24) is 14.5 Å². The van der Waals surface area contributed by atoms with E-state index in [1.54, 1.807) is 0 Å². The van der Waals surface area contributed by atoms with Gasteiger partial charge in [0.2, 0.25) is 0 Å². The van der Waals surface area contributed by atoms with Crippen molar-refractivity contribution < 1.29 is 9.53 Å². The zero-order valence-electron chi connectivity index (χ0n) is 19.3. The molecule has 0 radical (unpaired) electrons. The third-order valence-corrected chi connectivity index (χ3v) is 7.28. The van der Waals surface area contributed by atoms with E-state index in [9.17, 15) is 4.79 Å². The van der Waals surface area contributed by atoms with Gasteiger partial charge < -0.3 is 14.2 Å². The largest absolute Gasteiger partial charge is 0.441 e. The molecule has 1 saturated heterocycles. The Morgan fingerprint density at radius 3 is 2.85 bits per heavy atom. The van der Waals surface area contributed by atoms with Gasteiger partial charge in [0.05, 0.1) is 30.5 Å². The molecule has 6 nitrogen and oxygen atoms in total. The standard InChI is InChI=1S/C27H30N4O2/c1-26(2,21-9-5-4-6-10-21)17-31-18-27(33-25(31)32)13-7-8-20(15-27)16-30-19-29-23-12-11-22(28-3)14-24(23)30/h4-6,9-12,14,19-20H,7-8,13,15-18H2,1-2H3/t20-,27-/m0/s1. The maximum atomic E-state index is 12.9. The van der Waals surface area contributed by atoms with Crippen molar-refractivity contribution in [3.05, 3.63) is 71.8 Å². The molecule has 170 valence electrons. The molecule has 6 heteroatoms. The zero-order chi connectivity index (χ0) is 23.1. The van der Waals surface area contributed by atoms with Gasteiger partial charge >= 0.3 is 6.09 Å². The highest BCUT2D eigenvalue weighted by Gasteiger charge is 2.49. The van der Waals surface area contributed by atoms with Crippen molar-refractivity contribution >= 4 is 22.8 Å². The van der Waals surface area contributed by atoms with Gasteiger partial charge in [-0.25, -0.2) is 14.6 Å². The summed E-state index contributed by atoms with van der Waals surface area (Å²) in [5, 5.41) is 0. The van der Waals surface area contributed by atoms with Crippen LogP contribution in [0.15, 0.2) is 54.9 Å². The fourth-order valence-corrected chi connectivity index (χ4v) is 5.65. The molecule has 2 aliphatic rings. The first kappa shape index (κ1) is 21.5. The van der Waals surface area contributed by atoms with Crippen molar-refractivity contribution in [3.8, 4) is 0 Å². The molecule has 1 aliphatic heterocycles. The van der Waals surface area contributed by atoms with Gasteiger partial charge in [0.1, 0.15) is 5.60 Å². The van der Waals surface area contributed by atoms with Gasteiger partial charge in [0.25, 0.3) is 0 Å². The van der Waals surface area contributed by atoms with Crippen LogP contribution >= 0.6 is 0 Å². The Balaban J connectivity index is 1.29. The van der Waals surface area contributed by atoms with E-state index in [2.05, 4.69) is 40.4 Å². The quantitative estimate of drug-likeness (QED) is 0.459. The molecule has 1 amide bonds. The SMILES string of the molecule is [C-]#[N+]c1ccc2ncn(C[C@H]3CCC[C@]4(C3)CN(CC(C)(C)c3ccccc3)C(=O)O4)c2c1. The maximum Gasteiger partial charge on any atom is 0.410 e. The summed E-state index contributed by atoms with van der Waals surface area (Å²) < 4.78 is 8.23. The van der Waals surface area contributed by atoms with Gasteiger partial charge in [-0.3, -0.25) is 0 Å². The second kappa shape index (κ2) is 8.22. The van der Waals surface area contributed by atoms with Gasteiger partial charge in [-0.2, -0.15) is 0 Å². The topological polar surface area (TPSA) is 51.7 Å². The number of amides is 1. The van der Waals surface area contributed by atoms with Gasteiger partial charge in [0, 0.05) is 18.5 Å². The van der Waals surface area contributed by atoms with Crippen LogP contribution in [-0.4, -0.2) is 39.2 Å². The molecule has 3 aromatic rings. The Bertz CT molecular complexity index is 1210. The number of carbonyl (C=O) groups is 1. The van der Waals surface area contributed by atoms with Crippen molar-refractivity contribution in [2.24, 2.45) is 5.92 Å². The highest BCUT2D eigenvalue weighted by molar-refractivity contribution is 5.79. The predicted molar refractivity (Wildman–Crippen MR) is 128 cm³/mol. The lowest BCUT2D eigenvalue weighted by molar-refractivity contribution is 0.00414. The minimum atomic E-state index is -0.398. The number of fused-ring (bicyclic) bond motifs is 1. The molecule has 2 fully saturated rings. The van der Waals surface area contributed by atoms with E-state index < -0.39 is 5.60 Å². The lowest BCUT2D eigenvalue weighted by Crippen LogP contribution is -2.42. The van der Waals surface area contributed by atoms with Crippen LogP contribution in [0.1, 0.15) is 45.1 Å². The number of rotatable bonds is 5. The van der Waals surface area contributed by atoms with Crippen LogP contribution in [0.25, 0.3) is 15.9 Å². The first-order valence-electron chi connectivity index (χ1n) is 11.7. The van der Waals surface area contributed by atoms with Crippen molar-refractivity contribution in [3.63, 3.8) is 0 Å². The maximum absolute atomic E-state index is 12.9. The highest BCUT2D eigenvalue weighted by atomic mass is 16.6. The first-order chi connectivity index (χ1) is 15.9. The summed E-state index contributed by atoms with van der Waals surface area (Å²) in [6.45, 7) is 13.8. The first-order valence-corrected chi connectivity index (χ1v) is 11.7. The van der Waals surface area contributed by atoms with Gasteiger partial charge in [-0.05, 0) is 49.3 Å². The third kappa shape index (κ3) is 4.20. The second-order valence-corrected chi connectivity index (χ2v) is 10.3. The Morgan fingerprint density at radius 2 is 2.06 bits per heavy atom. The number of benzene rings is 2. The average molecular weight is 443 g/mol. The molecule has 1 aromatic heterocycles. The summed E-state index contributed by atoms with van der Waals surface area (Å²) in [5.74, 6) is 0.405. The second-order valence-electron chi connectivity index (χ2n) is 10.3. The molecule has 33 heavy (non-hydrogen) atoms. The number of ether oxygens (including phenoxy) is 1. The van der Waals surface area contributed by atoms with Crippen LogP contribution in [0, 0.1) is 12.5 Å². The fraction of sp³-hybridized carbons (Fsp3) is 0.444. The lowest BCUT2D eigenvalue weighted by Gasteiger charge is -2.36. The number of nitrogens with zero attached hydrogens (tertiary/aromatic N) is 4. The number of hydrogen-bond donors (Lipinski definition) is 0. The van der Waals surface area contributed by atoms with Crippen LogP contribution in [0.4, 0.5) is 10.5 Å². The van der Waals surface area contributed by atoms with Crippen LogP contribution in [0.5, 0.6) is 0 Å². The molecule has 0 bridgehead atoms. The number of carbonyl (C=O) groups excluding carboxylic acids is 1. The number of imidazole rings is 1. The van der Waals surface area contributed by atoms with Crippen LogP contribution in [-0.2, 0) is 16.7 Å². The summed E-state index contributed by atoms with van der Waals surface area (Å²) in [6, 6.07) is 16.0. The molecular weight excluding hydrogens is 412 g/mol. The summed E-state index contributed by atoms with van der Waals surface area (Å²) in [7, 11) is 0. The van der Waals surface area contributed by atoms with E-state index in [0.29, 0.717) is 24.7 Å². The van der Waals surface area contributed by atoms with Crippen molar-refractivity contribution in [2.45, 2.75) is 57.1 Å². The highest BCUT2D eigenvalue weighted by Crippen LogP contribution is 2.41. The molecule has 1 saturated carbocycles. The molecular formula is C27H30N4O2. The molecule has 2 heterocycles.